The fourth-order valence-corrected chi connectivity index (χ4v) is 2.79. The van der Waals surface area contributed by atoms with E-state index in [1.165, 1.54) is 12.1 Å². The van der Waals surface area contributed by atoms with Gasteiger partial charge in [-0.15, -0.1) is 5.10 Å². The Balaban J connectivity index is 1.84. The molecule has 0 saturated carbocycles. The Morgan fingerprint density at radius 2 is 2.09 bits per heavy atom. The number of ether oxygens (including phenoxy) is 1. The van der Waals surface area contributed by atoms with Gasteiger partial charge in [-0.05, 0) is 18.5 Å². The van der Waals surface area contributed by atoms with Gasteiger partial charge in [-0.1, -0.05) is 18.1 Å². The standard InChI is InChI=1S/C21H18F3N5O3/c1-2-15-17(24)6-14(22)7-18(15)31-11-20(30)29(10-19-27-28-21(26)32-19)9-13-4-3-12(8-25)5-16(13)23/h3-7H,2,9-11H2,1H3,(H2,26,28)/i1D,2D. The second-order valence-corrected chi connectivity index (χ2v) is 6.49. The Hall–Kier alpha value is -4.07. The molecular formula is C21H18F3N5O3. The molecule has 0 aliphatic carbocycles. The van der Waals surface area contributed by atoms with Gasteiger partial charge in [0.25, 0.3) is 5.91 Å². The molecule has 0 bridgehead atoms. The molecule has 0 spiro atoms. The minimum absolute atomic E-state index is 0.0576. The molecule has 0 radical (unpaired) electrons. The number of benzene rings is 2. The van der Waals surface area contributed by atoms with E-state index < -0.39 is 49.0 Å². The van der Waals surface area contributed by atoms with Crippen molar-refractivity contribution in [1.29, 1.82) is 5.26 Å². The predicted molar refractivity (Wildman–Crippen MR) is 105 cm³/mol. The molecule has 32 heavy (non-hydrogen) atoms. The van der Waals surface area contributed by atoms with Crippen molar-refractivity contribution in [2.45, 2.75) is 26.4 Å². The van der Waals surface area contributed by atoms with E-state index in [9.17, 15) is 18.0 Å². The van der Waals surface area contributed by atoms with Crippen molar-refractivity contribution in [3.05, 3.63) is 70.4 Å². The molecule has 0 fully saturated rings. The Morgan fingerprint density at radius 3 is 2.75 bits per heavy atom. The molecule has 3 aromatic rings. The smallest absolute Gasteiger partial charge is 0.312 e. The second-order valence-electron chi connectivity index (χ2n) is 6.49. The summed E-state index contributed by atoms with van der Waals surface area (Å²) in [6, 6.07) is 6.64. The Kier molecular flexibility index (Phi) is 6.10. The second kappa shape index (κ2) is 9.82. The third-order valence-electron chi connectivity index (χ3n) is 4.32. The van der Waals surface area contributed by atoms with E-state index >= 15 is 0 Å². The monoisotopic (exact) mass is 447 g/mol. The van der Waals surface area contributed by atoms with Crippen molar-refractivity contribution in [3.63, 3.8) is 0 Å². The fraction of sp³-hybridized carbons (Fsp3) is 0.238. The molecule has 2 N–H and O–H groups in total. The summed E-state index contributed by atoms with van der Waals surface area (Å²) < 4.78 is 67.8. The maximum Gasteiger partial charge on any atom is 0.312 e. The first kappa shape index (κ1) is 19.9. The summed E-state index contributed by atoms with van der Waals surface area (Å²) in [6.07, 6.45) is -1.36. The van der Waals surface area contributed by atoms with Crippen molar-refractivity contribution < 1.29 is 29.9 Å². The van der Waals surface area contributed by atoms with Gasteiger partial charge in [-0.25, -0.2) is 13.2 Å². The summed E-state index contributed by atoms with van der Waals surface area (Å²) in [5, 5.41) is 16.1. The number of halogens is 3. The average Bonchev–Trinajstić information content (AvgIpc) is 3.21. The maximum atomic E-state index is 14.4. The van der Waals surface area contributed by atoms with Crippen LogP contribution in [0.15, 0.2) is 34.7 Å². The summed E-state index contributed by atoms with van der Waals surface area (Å²) in [6.45, 7) is -1.83. The van der Waals surface area contributed by atoms with E-state index in [1.54, 1.807) is 6.07 Å². The van der Waals surface area contributed by atoms with E-state index in [-0.39, 0.29) is 41.7 Å². The number of nitriles is 1. The molecule has 1 heterocycles. The van der Waals surface area contributed by atoms with Gasteiger partial charge in [-0.2, -0.15) is 5.26 Å². The number of amides is 1. The Labute approximate surface area is 183 Å². The maximum absolute atomic E-state index is 14.4. The Morgan fingerprint density at radius 1 is 1.28 bits per heavy atom. The lowest BCUT2D eigenvalue weighted by Crippen LogP contribution is -2.34. The van der Waals surface area contributed by atoms with Crippen molar-refractivity contribution in [2.75, 3.05) is 12.3 Å². The highest BCUT2D eigenvalue weighted by Crippen LogP contribution is 2.24. The van der Waals surface area contributed by atoms with Crippen LogP contribution in [0.5, 0.6) is 5.75 Å². The van der Waals surface area contributed by atoms with Gasteiger partial charge in [0.15, 0.2) is 6.61 Å². The van der Waals surface area contributed by atoms with Crippen LogP contribution in [0, 0.1) is 28.8 Å². The number of nitrogens with two attached hydrogens (primary N) is 1. The van der Waals surface area contributed by atoms with Crippen LogP contribution in [0.25, 0.3) is 0 Å². The van der Waals surface area contributed by atoms with E-state index in [2.05, 4.69) is 10.2 Å². The summed E-state index contributed by atoms with van der Waals surface area (Å²) in [7, 11) is 0. The van der Waals surface area contributed by atoms with E-state index in [4.69, 9.17) is 22.9 Å². The van der Waals surface area contributed by atoms with Gasteiger partial charge in [-0.3, -0.25) is 4.79 Å². The van der Waals surface area contributed by atoms with Crippen molar-refractivity contribution >= 4 is 11.9 Å². The normalized spacial score (nSPS) is 12.4. The highest BCUT2D eigenvalue weighted by Gasteiger charge is 2.21. The van der Waals surface area contributed by atoms with Crippen LogP contribution >= 0.6 is 0 Å². The largest absolute Gasteiger partial charge is 0.483 e. The molecule has 0 aliphatic rings. The van der Waals surface area contributed by atoms with Crippen LogP contribution in [0.4, 0.5) is 19.2 Å². The number of rotatable bonds is 8. The van der Waals surface area contributed by atoms with Crippen molar-refractivity contribution in [3.8, 4) is 11.8 Å². The van der Waals surface area contributed by atoms with Crippen LogP contribution in [0.1, 0.15) is 32.2 Å². The lowest BCUT2D eigenvalue weighted by Gasteiger charge is -2.22. The van der Waals surface area contributed by atoms with E-state index in [1.807, 2.05) is 0 Å². The number of nitrogens with zero attached hydrogens (tertiary/aromatic N) is 4. The molecule has 8 nitrogen and oxygen atoms in total. The van der Waals surface area contributed by atoms with Gasteiger partial charge >= 0.3 is 6.01 Å². The zero-order valence-corrected chi connectivity index (χ0v) is 16.5. The summed E-state index contributed by atoms with van der Waals surface area (Å²) >= 11 is 0. The number of nitrogen functional groups attached to an aromatic ring is 1. The van der Waals surface area contributed by atoms with Crippen LogP contribution in [-0.2, 0) is 24.3 Å². The van der Waals surface area contributed by atoms with Gasteiger partial charge in [0.1, 0.15) is 23.2 Å². The minimum Gasteiger partial charge on any atom is -0.483 e. The topological polar surface area (TPSA) is 118 Å². The van der Waals surface area contributed by atoms with E-state index in [0.717, 1.165) is 17.0 Å². The summed E-state index contributed by atoms with van der Waals surface area (Å²) in [5.74, 6) is -4.00. The molecule has 166 valence electrons. The molecule has 1 atom stereocenters. The highest BCUT2D eigenvalue weighted by molar-refractivity contribution is 5.77. The minimum atomic E-state index is -1.36. The van der Waals surface area contributed by atoms with Crippen LogP contribution in [0.2, 0.25) is 0 Å². The van der Waals surface area contributed by atoms with Crippen molar-refractivity contribution in [1.82, 2.24) is 15.1 Å². The number of aromatic nitrogens is 2. The predicted octanol–water partition coefficient (Wildman–Crippen LogP) is 3.11. The van der Waals surface area contributed by atoms with Crippen LogP contribution in [0.3, 0.4) is 0 Å². The molecule has 11 heteroatoms. The molecule has 1 aromatic heterocycles. The zero-order chi connectivity index (χ0) is 24.8. The third kappa shape index (κ3) is 5.34. The number of hydrogen-bond acceptors (Lipinski definition) is 7. The SMILES string of the molecule is [2H]CC([2H])c1c(F)cc(F)cc1OCC(=O)N(Cc1nnc(N)o1)Cc1ccc(C#N)cc1F. The Bertz CT molecular complexity index is 1230. The molecule has 2 aromatic carbocycles. The fourth-order valence-electron chi connectivity index (χ4n) is 2.79. The summed E-state index contributed by atoms with van der Waals surface area (Å²) in [5.41, 5.74) is 5.19. The first-order valence-electron chi connectivity index (χ1n) is 10.4. The van der Waals surface area contributed by atoms with Crippen LogP contribution < -0.4 is 10.5 Å². The average molecular weight is 447 g/mol. The third-order valence-corrected chi connectivity index (χ3v) is 4.32. The zero-order valence-electron chi connectivity index (χ0n) is 18.5. The lowest BCUT2D eigenvalue weighted by molar-refractivity contribution is -0.135. The number of hydrogen-bond donors (Lipinski definition) is 1. The number of carbonyl (C=O) groups excluding carboxylic acids is 1. The van der Waals surface area contributed by atoms with Gasteiger partial charge < -0.3 is 19.8 Å². The highest BCUT2D eigenvalue weighted by atomic mass is 19.1. The van der Waals surface area contributed by atoms with E-state index in [0.29, 0.717) is 6.07 Å². The lowest BCUT2D eigenvalue weighted by atomic mass is 10.1. The molecule has 0 saturated heterocycles. The molecule has 1 unspecified atom stereocenters. The first-order chi connectivity index (χ1) is 16.2. The first-order valence-corrected chi connectivity index (χ1v) is 9.09. The quantitative estimate of drug-likeness (QED) is 0.564. The van der Waals surface area contributed by atoms with Gasteiger partial charge in [0, 0.05) is 32.5 Å². The molecule has 3 rings (SSSR count). The van der Waals surface area contributed by atoms with Gasteiger partial charge in [0.2, 0.25) is 5.89 Å². The van der Waals surface area contributed by atoms with Gasteiger partial charge in [0.05, 0.1) is 18.2 Å². The molecular weight excluding hydrogens is 427 g/mol. The molecule has 0 aliphatic heterocycles. The number of anilines is 1. The van der Waals surface area contributed by atoms with Crippen LogP contribution in [-0.4, -0.2) is 27.6 Å². The summed E-state index contributed by atoms with van der Waals surface area (Å²) in [4.78, 5) is 14.0. The van der Waals surface area contributed by atoms with Crippen molar-refractivity contribution in [2.24, 2.45) is 0 Å². The number of carbonyl (C=O) groups is 1. The molecule has 1 amide bonds.